The predicted octanol–water partition coefficient (Wildman–Crippen LogP) is 2.33. The number of carbonyl (C=O) groups excluding carboxylic acids is 2. The fraction of sp³-hybridized carbons (Fsp3) is 0.542. The second-order valence-corrected chi connectivity index (χ2v) is 9.41. The lowest BCUT2D eigenvalue weighted by Gasteiger charge is -2.35. The molecular formula is C24H30FN5O4. The first-order valence-corrected chi connectivity index (χ1v) is 11.4. The van der Waals surface area contributed by atoms with Crippen LogP contribution in [0.3, 0.4) is 0 Å². The molecule has 2 aromatic rings. The molecule has 4 rings (SSSR count). The van der Waals surface area contributed by atoms with Crippen molar-refractivity contribution in [1.29, 1.82) is 0 Å². The molecule has 0 radical (unpaired) electrons. The number of alkyl halides is 1. The number of likely N-dealkylation sites (tertiary alicyclic amines) is 1. The molecule has 0 saturated carbocycles. The monoisotopic (exact) mass is 471 g/mol. The summed E-state index contributed by atoms with van der Waals surface area (Å²) in [4.78, 5) is 31.4. The molecule has 2 amide bonds. The Morgan fingerprint density at radius 3 is 2.88 bits per heavy atom. The SMILES string of the molecule is CC(C)(C)OC(=O)N1CC[C@H](OCC#Cc2ccn3c(N4CCC(=O)NC4)cnc3c2)[C@H](F)C1. The number of ether oxygens (including phenoxy) is 2. The number of anilines is 1. The Morgan fingerprint density at radius 1 is 1.35 bits per heavy atom. The van der Waals surface area contributed by atoms with Crippen LogP contribution in [0.4, 0.5) is 15.0 Å². The minimum absolute atomic E-state index is 0.0490. The predicted molar refractivity (Wildman–Crippen MR) is 124 cm³/mol. The largest absolute Gasteiger partial charge is 0.444 e. The lowest BCUT2D eigenvalue weighted by molar-refractivity contribution is -0.121. The van der Waals surface area contributed by atoms with Crippen LogP contribution >= 0.6 is 0 Å². The van der Waals surface area contributed by atoms with Crippen LogP contribution in [-0.4, -0.2) is 77.1 Å². The van der Waals surface area contributed by atoms with Crippen molar-refractivity contribution in [2.75, 3.05) is 37.8 Å². The Balaban J connectivity index is 1.29. The van der Waals surface area contributed by atoms with E-state index in [9.17, 15) is 14.0 Å². The number of hydrogen-bond donors (Lipinski definition) is 1. The first-order valence-electron chi connectivity index (χ1n) is 11.4. The standard InChI is InChI=1S/C24H30FN5O4/c1-24(2,3)34-23(32)28-9-7-19(18(25)15-28)33-12-4-5-17-6-11-30-20(13-17)26-14-22(30)29-10-8-21(31)27-16-29/h6,11,13-14,18-19H,7-10,12,15-16H2,1-3H3,(H,27,31)/t18-,19+/m1/s1. The molecule has 2 aliphatic heterocycles. The van der Waals surface area contributed by atoms with Gasteiger partial charge in [0.2, 0.25) is 5.91 Å². The Labute approximate surface area is 198 Å². The highest BCUT2D eigenvalue weighted by Gasteiger charge is 2.34. The van der Waals surface area contributed by atoms with Gasteiger partial charge < -0.3 is 24.6 Å². The summed E-state index contributed by atoms with van der Waals surface area (Å²) in [6.07, 6.45) is 2.12. The fourth-order valence-corrected chi connectivity index (χ4v) is 3.91. The summed E-state index contributed by atoms with van der Waals surface area (Å²) in [5.41, 5.74) is 0.910. The lowest BCUT2D eigenvalue weighted by atomic mass is 10.1. The van der Waals surface area contributed by atoms with Crippen LogP contribution in [0.15, 0.2) is 24.5 Å². The van der Waals surface area contributed by atoms with Gasteiger partial charge in [0, 0.05) is 31.3 Å². The smallest absolute Gasteiger partial charge is 0.410 e. The van der Waals surface area contributed by atoms with Crippen molar-refractivity contribution in [1.82, 2.24) is 19.6 Å². The van der Waals surface area contributed by atoms with E-state index in [2.05, 4.69) is 27.0 Å². The van der Waals surface area contributed by atoms with Gasteiger partial charge in [-0.3, -0.25) is 9.20 Å². The zero-order valence-electron chi connectivity index (χ0n) is 19.7. The number of rotatable bonds is 3. The van der Waals surface area contributed by atoms with E-state index < -0.39 is 24.0 Å². The summed E-state index contributed by atoms with van der Waals surface area (Å²) >= 11 is 0. The molecule has 9 nitrogen and oxygen atoms in total. The molecule has 34 heavy (non-hydrogen) atoms. The summed E-state index contributed by atoms with van der Waals surface area (Å²) in [7, 11) is 0. The maximum absolute atomic E-state index is 14.5. The van der Waals surface area contributed by atoms with E-state index in [1.165, 1.54) is 4.90 Å². The zero-order valence-corrected chi connectivity index (χ0v) is 19.7. The van der Waals surface area contributed by atoms with E-state index in [-0.39, 0.29) is 19.1 Å². The third kappa shape index (κ3) is 5.78. The number of imidazole rings is 1. The molecule has 0 bridgehead atoms. The summed E-state index contributed by atoms with van der Waals surface area (Å²) in [5, 5.41) is 2.83. The second-order valence-electron chi connectivity index (χ2n) is 9.41. The van der Waals surface area contributed by atoms with Crippen LogP contribution in [0.2, 0.25) is 0 Å². The van der Waals surface area contributed by atoms with Gasteiger partial charge in [0.15, 0.2) is 0 Å². The number of nitrogens with zero attached hydrogens (tertiary/aromatic N) is 4. The molecule has 0 aromatic carbocycles. The molecule has 0 aliphatic carbocycles. The van der Waals surface area contributed by atoms with Crippen LogP contribution in [0.25, 0.3) is 5.65 Å². The third-order valence-electron chi connectivity index (χ3n) is 5.63. The number of carbonyl (C=O) groups is 2. The van der Waals surface area contributed by atoms with Gasteiger partial charge in [0.25, 0.3) is 0 Å². The highest BCUT2D eigenvalue weighted by atomic mass is 19.1. The van der Waals surface area contributed by atoms with Gasteiger partial charge in [-0.15, -0.1) is 0 Å². The van der Waals surface area contributed by atoms with Gasteiger partial charge in [-0.25, -0.2) is 14.2 Å². The molecule has 2 saturated heterocycles. The minimum Gasteiger partial charge on any atom is -0.444 e. The molecule has 0 spiro atoms. The number of fused-ring (bicyclic) bond motifs is 1. The number of amides is 2. The quantitative estimate of drug-likeness (QED) is 0.692. The molecule has 1 N–H and O–H groups in total. The van der Waals surface area contributed by atoms with Gasteiger partial charge in [0.05, 0.1) is 25.5 Å². The van der Waals surface area contributed by atoms with Crippen molar-refractivity contribution in [2.24, 2.45) is 0 Å². The van der Waals surface area contributed by atoms with Crippen molar-refractivity contribution in [3.8, 4) is 11.8 Å². The van der Waals surface area contributed by atoms with E-state index in [1.807, 2.05) is 22.7 Å². The van der Waals surface area contributed by atoms with Crippen molar-refractivity contribution in [3.05, 3.63) is 30.1 Å². The summed E-state index contributed by atoms with van der Waals surface area (Å²) < 4.78 is 27.4. The summed E-state index contributed by atoms with van der Waals surface area (Å²) in [6, 6.07) is 3.75. The lowest BCUT2D eigenvalue weighted by Crippen LogP contribution is -2.49. The van der Waals surface area contributed by atoms with Crippen molar-refractivity contribution >= 4 is 23.5 Å². The number of halogens is 1. The Bertz CT molecular complexity index is 1110. The normalized spacial score (nSPS) is 21.1. The topological polar surface area (TPSA) is 88.4 Å². The van der Waals surface area contributed by atoms with Gasteiger partial charge >= 0.3 is 6.09 Å². The average molecular weight is 472 g/mol. The van der Waals surface area contributed by atoms with Gasteiger partial charge in [-0.05, 0) is 39.3 Å². The molecule has 4 heterocycles. The number of piperidine rings is 1. The highest BCUT2D eigenvalue weighted by molar-refractivity contribution is 5.78. The second kappa shape index (κ2) is 9.89. The molecule has 2 atom stereocenters. The first-order chi connectivity index (χ1) is 16.2. The first kappa shape index (κ1) is 23.8. The van der Waals surface area contributed by atoms with Crippen LogP contribution in [-0.2, 0) is 14.3 Å². The number of aromatic nitrogens is 2. The van der Waals surface area contributed by atoms with Gasteiger partial charge in [-0.1, -0.05) is 11.8 Å². The average Bonchev–Trinajstić information content (AvgIpc) is 3.20. The van der Waals surface area contributed by atoms with E-state index in [0.717, 1.165) is 17.0 Å². The zero-order chi connectivity index (χ0) is 24.3. The van der Waals surface area contributed by atoms with Crippen molar-refractivity contribution in [2.45, 2.75) is 51.5 Å². The maximum Gasteiger partial charge on any atom is 0.410 e. The minimum atomic E-state index is -1.29. The highest BCUT2D eigenvalue weighted by Crippen LogP contribution is 2.21. The maximum atomic E-state index is 14.5. The van der Waals surface area contributed by atoms with Crippen LogP contribution in [0, 0.1) is 11.8 Å². The molecule has 0 unspecified atom stereocenters. The Hall–Kier alpha value is -3.32. The molecule has 10 heteroatoms. The van der Waals surface area contributed by atoms with Gasteiger partial charge in [0.1, 0.15) is 29.8 Å². The summed E-state index contributed by atoms with van der Waals surface area (Å²) in [5.74, 6) is 6.93. The Morgan fingerprint density at radius 2 is 2.18 bits per heavy atom. The van der Waals surface area contributed by atoms with E-state index in [1.54, 1.807) is 27.0 Å². The molecule has 2 aliphatic rings. The van der Waals surface area contributed by atoms with Gasteiger partial charge in [-0.2, -0.15) is 0 Å². The molecule has 2 aromatic heterocycles. The third-order valence-corrected chi connectivity index (χ3v) is 5.63. The van der Waals surface area contributed by atoms with E-state index in [4.69, 9.17) is 9.47 Å². The van der Waals surface area contributed by atoms with Crippen molar-refractivity contribution in [3.63, 3.8) is 0 Å². The van der Waals surface area contributed by atoms with Crippen molar-refractivity contribution < 1.29 is 23.5 Å². The number of hydrogen-bond acceptors (Lipinski definition) is 6. The van der Waals surface area contributed by atoms with Crippen LogP contribution < -0.4 is 10.2 Å². The number of pyridine rings is 1. The Kier molecular flexibility index (Phi) is 6.93. The molecule has 2 fully saturated rings. The summed E-state index contributed by atoms with van der Waals surface area (Å²) in [6.45, 7) is 6.87. The van der Waals surface area contributed by atoms with Crippen LogP contribution in [0.1, 0.15) is 39.2 Å². The molecule has 182 valence electrons. The number of nitrogens with one attached hydrogen (secondary N) is 1. The van der Waals surface area contributed by atoms with Crippen LogP contribution in [0.5, 0.6) is 0 Å². The molecular weight excluding hydrogens is 441 g/mol. The fourth-order valence-electron chi connectivity index (χ4n) is 3.91. The van der Waals surface area contributed by atoms with E-state index in [0.29, 0.717) is 32.6 Å². The van der Waals surface area contributed by atoms with E-state index >= 15 is 0 Å².